The van der Waals surface area contributed by atoms with Gasteiger partial charge in [0.2, 0.25) is 0 Å². The van der Waals surface area contributed by atoms with Crippen LogP contribution in [0.5, 0.6) is 0 Å². The number of Topliss-reactive ketones (excluding diaryl/α,β-unsaturated/α-hetero) is 1. The molecule has 1 aromatic rings. The van der Waals surface area contributed by atoms with E-state index < -0.39 is 0 Å². The molecule has 2 aliphatic heterocycles. The predicted octanol–water partition coefficient (Wildman–Crippen LogP) is 2.14. The van der Waals surface area contributed by atoms with E-state index in [0.29, 0.717) is 0 Å². The van der Waals surface area contributed by atoms with Crippen molar-refractivity contribution in [2.45, 2.75) is 26.1 Å². The monoisotopic (exact) mass is 244 g/mol. The second-order valence-corrected chi connectivity index (χ2v) is 4.78. The quantitative estimate of drug-likeness (QED) is 0.821. The number of anilines is 2. The van der Waals surface area contributed by atoms with Gasteiger partial charge in [0.1, 0.15) is 11.8 Å². The van der Waals surface area contributed by atoms with Gasteiger partial charge in [0.15, 0.2) is 12.0 Å². The SMILES string of the molecule is CC(=O)C1=C(C)OC2Nc3ccccc3N(C)C12. The van der Waals surface area contributed by atoms with Crippen molar-refractivity contribution in [3.05, 3.63) is 35.6 Å². The Morgan fingerprint density at radius 2 is 2.11 bits per heavy atom. The van der Waals surface area contributed by atoms with E-state index in [1.54, 1.807) is 6.92 Å². The maximum absolute atomic E-state index is 11.8. The lowest BCUT2D eigenvalue weighted by atomic mass is 9.98. The smallest absolute Gasteiger partial charge is 0.194 e. The first-order valence-electron chi connectivity index (χ1n) is 6.06. The molecular formula is C14H16N2O2. The molecule has 2 heterocycles. The lowest BCUT2D eigenvalue weighted by Gasteiger charge is -2.38. The minimum absolute atomic E-state index is 0.0441. The van der Waals surface area contributed by atoms with Crippen molar-refractivity contribution in [2.75, 3.05) is 17.3 Å². The Morgan fingerprint density at radius 1 is 1.39 bits per heavy atom. The number of likely N-dealkylation sites (N-methyl/N-ethyl adjacent to an activating group) is 1. The van der Waals surface area contributed by atoms with Gasteiger partial charge in [-0.05, 0) is 26.0 Å². The lowest BCUT2D eigenvalue weighted by Crippen LogP contribution is -2.49. The van der Waals surface area contributed by atoms with Crippen LogP contribution in [0.15, 0.2) is 35.6 Å². The van der Waals surface area contributed by atoms with E-state index in [9.17, 15) is 4.79 Å². The summed E-state index contributed by atoms with van der Waals surface area (Å²) >= 11 is 0. The molecule has 1 N–H and O–H groups in total. The number of fused-ring (bicyclic) bond motifs is 2. The zero-order valence-corrected chi connectivity index (χ0v) is 10.7. The summed E-state index contributed by atoms with van der Waals surface area (Å²) in [4.78, 5) is 13.9. The molecule has 0 aromatic heterocycles. The highest BCUT2D eigenvalue weighted by molar-refractivity contribution is 5.97. The zero-order chi connectivity index (χ0) is 12.9. The van der Waals surface area contributed by atoms with E-state index >= 15 is 0 Å². The number of carbonyl (C=O) groups excluding carboxylic acids is 1. The molecule has 94 valence electrons. The van der Waals surface area contributed by atoms with Crippen molar-refractivity contribution in [2.24, 2.45) is 0 Å². The molecule has 0 spiro atoms. The molecule has 2 unspecified atom stereocenters. The van der Waals surface area contributed by atoms with Crippen LogP contribution in [-0.4, -0.2) is 25.1 Å². The number of rotatable bonds is 1. The number of nitrogens with one attached hydrogen (secondary N) is 1. The van der Waals surface area contributed by atoms with Crippen LogP contribution < -0.4 is 10.2 Å². The van der Waals surface area contributed by atoms with Crippen LogP contribution in [0.1, 0.15) is 13.8 Å². The Morgan fingerprint density at radius 3 is 2.83 bits per heavy atom. The Bertz CT molecular complexity index is 550. The van der Waals surface area contributed by atoms with E-state index in [2.05, 4.69) is 10.2 Å². The van der Waals surface area contributed by atoms with E-state index in [0.717, 1.165) is 22.7 Å². The average molecular weight is 244 g/mol. The normalized spacial score (nSPS) is 25.2. The summed E-state index contributed by atoms with van der Waals surface area (Å²) in [7, 11) is 2.00. The average Bonchev–Trinajstić information content (AvgIpc) is 2.66. The number of hydrogen-bond donors (Lipinski definition) is 1. The van der Waals surface area contributed by atoms with E-state index in [1.807, 2.05) is 38.2 Å². The zero-order valence-electron chi connectivity index (χ0n) is 10.7. The van der Waals surface area contributed by atoms with Gasteiger partial charge in [0.05, 0.1) is 16.9 Å². The molecule has 4 nitrogen and oxygen atoms in total. The molecule has 3 rings (SSSR count). The van der Waals surface area contributed by atoms with E-state index in [1.165, 1.54) is 0 Å². The highest BCUT2D eigenvalue weighted by Crippen LogP contribution is 2.40. The first-order chi connectivity index (χ1) is 8.59. The maximum Gasteiger partial charge on any atom is 0.194 e. The molecular weight excluding hydrogens is 228 g/mol. The number of para-hydroxylation sites is 2. The van der Waals surface area contributed by atoms with Crippen LogP contribution in [0.2, 0.25) is 0 Å². The van der Waals surface area contributed by atoms with Crippen LogP contribution >= 0.6 is 0 Å². The van der Waals surface area contributed by atoms with Crippen LogP contribution in [0.4, 0.5) is 11.4 Å². The highest BCUT2D eigenvalue weighted by Gasteiger charge is 2.43. The Labute approximate surface area is 106 Å². The van der Waals surface area contributed by atoms with Gasteiger partial charge >= 0.3 is 0 Å². The summed E-state index contributed by atoms with van der Waals surface area (Å²) in [5.41, 5.74) is 2.90. The number of benzene rings is 1. The van der Waals surface area contributed by atoms with Crippen molar-refractivity contribution < 1.29 is 9.53 Å². The summed E-state index contributed by atoms with van der Waals surface area (Å²) in [5.74, 6) is 0.803. The maximum atomic E-state index is 11.8. The van der Waals surface area contributed by atoms with Crippen LogP contribution in [0.3, 0.4) is 0 Å². The fourth-order valence-electron chi connectivity index (χ4n) is 2.85. The van der Waals surface area contributed by atoms with Gasteiger partial charge in [-0.1, -0.05) is 12.1 Å². The number of ether oxygens (including phenoxy) is 1. The summed E-state index contributed by atoms with van der Waals surface area (Å²) in [6.07, 6.45) is -0.177. The molecule has 1 aromatic carbocycles. The van der Waals surface area contributed by atoms with Crippen molar-refractivity contribution >= 4 is 17.2 Å². The van der Waals surface area contributed by atoms with Crippen molar-refractivity contribution in [1.82, 2.24) is 0 Å². The molecule has 18 heavy (non-hydrogen) atoms. The number of nitrogens with zero attached hydrogens (tertiary/aromatic N) is 1. The molecule has 0 saturated heterocycles. The molecule has 0 saturated carbocycles. The first-order valence-corrected chi connectivity index (χ1v) is 6.06. The molecule has 0 amide bonds. The fourth-order valence-corrected chi connectivity index (χ4v) is 2.85. The first kappa shape index (κ1) is 11.1. The van der Waals surface area contributed by atoms with E-state index in [4.69, 9.17) is 4.74 Å². The van der Waals surface area contributed by atoms with Gasteiger partial charge in [0, 0.05) is 7.05 Å². The standard InChI is InChI=1S/C14H16N2O2/c1-8(17)12-9(2)18-14-13(12)16(3)11-7-5-4-6-10(11)15-14/h4-7,13-15H,1-3H3. The molecule has 0 radical (unpaired) electrons. The van der Waals surface area contributed by atoms with Gasteiger partial charge in [-0.2, -0.15) is 0 Å². The highest BCUT2D eigenvalue weighted by atomic mass is 16.5. The van der Waals surface area contributed by atoms with E-state index in [-0.39, 0.29) is 18.1 Å². The Kier molecular flexibility index (Phi) is 2.33. The summed E-state index contributed by atoms with van der Waals surface area (Å²) in [5, 5.41) is 3.35. The largest absolute Gasteiger partial charge is 0.472 e. The molecule has 0 fully saturated rings. The fraction of sp³-hybridized carbons (Fsp3) is 0.357. The van der Waals surface area contributed by atoms with Crippen LogP contribution in [0.25, 0.3) is 0 Å². The topological polar surface area (TPSA) is 41.6 Å². The second kappa shape index (κ2) is 3.77. The summed E-state index contributed by atoms with van der Waals surface area (Å²) < 4.78 is 5.77. The second-order valence-electron chi connectivity index (χ2n) is 4.78. The third kappa shape index (κ3) is 1.41. The van der Waals surface area contributed by atoms with Gasteiger partial charge in [-0.25, -0.2) is 0 Å². The summed E-state index contributed by atoms with van der Waals surface area (Å²) in [6, 6.07) is 8.01. The summed E-state index contributed by atoms with van der Waals surface area (Å²) in [6.45, 7) is 3.45. The molecule has 4 heteroatoms. The molecule has 0 aliphatic carbocycles. The van der Waals surface area contributed by atoms with Crippen LogP contribution in [0, 0.1) is 0 Å². The van der Waals surface area contributed by atoms with Gasteiger partial charge in [-0.3, -0.25) is 4.79 Å². The number of allylic oxidation sites excluding steroid dienone is 1. The minimum atomic E-state index is -0.177. The van der Waals surface area contributed by atoms with Crippen molar-refractivity contribution in [3.8, 4) is 0 Å². The third-order valence-electron chi connectivity index (χ3n) is 3.64. The van der Waals surface area contributed by atoms with Crippen molar-refractivity contribution in [1.29, 1.82) is 0 Å². The molecule has 2 atom stereocenters. The molecule has 0 bridgehead atoms. The van der Waals surface area contributed by atoms with Crippen LogP contribution in [-0.2, 0) is 9.53 Å². The van der Waals surface area contributed by atoms with Gasteiger partial charge in [-0.15, -0.1) is 0 Å². The van der Waals surface area contributed by atoms with Gasteiger partial charge < -0.3 is 15.0 Å². The third-order valence-corrected chi connectivity index (χ3v) is 3.64. The lowest BCUT2D eigenvalue weighted by molar-refractivity contribution is -0.113. The number of hydrogen-bond acceptors (Lipinski definition) is 4. The van der Waals surface area contributed by atoms with Crippen molar-refractivity contribution in [3.63, 3.8) is 0 Å². The minimum Gasteiger partial charge on any atom is -0.472 e. The van der Waals surface area contributed by atoms with Gasteiger partial charge in [0.25, 0.3) is 0 Å². The Hall–Kier alpha value is -1.97. The molecule has 2 aliphatic rings. The Balaban J connectivity index is 2.07. The number of carbonyl (C=O) groups is 1. The predicted molar refractivity (Wildman–Crippen MR) is 70.5 cm³/mol. The number of ketones is 1.